The fourth-order valence-corrected chi connectivity index (χ4v) is 2.53. The Kier molecular flexibility index (Phi) is 7.10. The summed E-state index contributed by atoms with van der Waals surface area (Å²) in [6.07, 6.45) is 1.44. The largest absolute Gasteiger partial charge is 0.438 e. The molecular weight excluding hydrogens is 403 g/mol. The van der Waals surface area contributed by atoms with E-state index in [1.165, 1.54) is 12.3 Å². The van der Waals surface area contributed by atoms with E-state index in [0.717, 1.165) is 0 Å². The minimum atomic E-state index is -0.620. The highest BCUT2D eigenvalue weighted by Gasteiger charge is 2.19. The van der Waals surface area contributed by atoms with E-state index in [2.05, 4.69) is 20.9 Å². The molecule has 3 amide bonds. The quantitative estimate of drug-likeness (QED) is 0.651. The zero-order valence-electron chi connectivity index (χ0n) is 16.0. The van der Waals surface area contributed by atoms with Crippen LogP contribution in [0, 0.1) is 0 Å². The van der Waals surface area contributed by atoms with Crippen LogP contribution in [0.1, 0.15) is 27.7 Å². The van der Waals surface area contributed by atoms with Gasteiger partial charge >= 0.3 is 6.03 Å². The monoisotopic (exact) mass is 424 g/mol. The van der Waals surface area contributed by atoms with Gasteiger partial charge in [0.1, 0.15) is 16.8 Å². The Morgan fingerprint density at radius 1 is 1.14 bits per heavy atom. The van der Waals surface area contributed by atoms with Crippen LogP contribution in [0.2, 0.25) is 10.0 Å². The number of benzene rings is 1. The van der Waals surface area contributed by atoms with Crippen LogP contribution < -0.4 is 20.7 Å². The third-order valence-electron chi connectivity index (χ3n) is 3.34. The molecule has 0 fully saturated rings. The van der Waals surface area contributed by atoms with Crippen LogP contribution in [0.15, 0.2) is 36.5 Å². The van der Waals surface area contributed by atoms with E-state index in [0.29, 0.717) is 21.5 Å². The molecule has 0 aliphatic heterocycles. The van der Waals surface area contributed by atoms with Crippen LogP contribution in [-0.2, 0) is 4.79 Å². The number of aromatic nitrogens is 1. The molecule has 3 N–H and O–H groups in total. The first kappa shape index (κ1) is 21.8. The van der Waals surface area contributed by atoms with E-state index >= 15 is 0 Å². The number of ether oxygens (including phenoxy) is 1. The second-order valence-corrected chi connectivity index (χ2v) is 7.97. The number of hydrogen-bond acceptors (Lipinski definition) is 5. The van der Waals surface area contributed by atoms with Gasteiger partial charge in [0.15, 0.2) is 0 Å². The van der Waals surface area contributed by atoms with Crippen LogP contribution in [0.25, 0.3) is 0 Å². The number of anilines is 1. The maximum atomic E-state index is 12.1. The summed E-state index contributed by atoms with van der Waals surface area (Å²) in [4.78, 5) is 27.9. The molecule has 1 aromatic heterocycles. The number of imide groups is 1. The van der Waals surface area contributed by atoms with Crippen molar-refractivity contribution in [3.8, 4) is 11.6 Å². The lowest BCUT2D eigenvalue weighted by molar-refractivity contribution is -0.120. The van der Waals surface area contributed by atoms with Gasteiger partial charge < -0.3 is 15.4 Å². The number of halogens is 2. The summed E-state index contributed by atoms with van der Waals surface area (Å²) in [7, 11) is 0. The second-order valence-electron chi connectivity index (χ2n) is 7.13. The van der Waals surface area contributed by atoms with Gasteiger partial charge in [-0.25, -0.2) is 9.78 Å². The molecule has 9 heteroatoms. The van der Waals surface area contributed by atoms with Crippen molar-refractivity contribution < 1.29 is 14.3 Å². The molecule has 28 heavy (non-hydrogen) atoms. The fraction of sp³-hybridized carbons (Fsp3) is 0.316. The fourth-order valence-electron chi connectivity index (χ4n) is 2.12. The molecule has 150 valence electrons. The number of amides is 3. The van der Waals surface area contributed by atoms with Crippen molar-refractivity contribution in [3.05, 3.63) is 46.6 Å². The summed E-state index contributed by atoms with van der Waals surface area (Å²) in [5, 5.41) is 8.70. The summed E-state index contributed by atoms with van der Waals surface area (Å²) in [5.74, 6) is 0.313. The normalized spacial score (nSPS) is 12.1. The highest BCUT2D eigenvalue weighted by Crippen LogP contribution is 2.29. The Hall–Kier alpha value is -2.51. The predicted molar refractivity (Wildman–Crippen MR) is 110 cm³/mol. The van der Waals surface area contributed by atoms with E-state index < -0.39 is 23.5 Å². The molecule has 0 saturated heterocycles. The minimum Gasteiger partial charge on any atom is -0.438 e. The third kappa shape index (κ3) is 6.90. The highest BCUT2D eigenvalue weighted by molar-refractivity contribution is 6.35. The van der Waals surface area contributed by atoms with Crippen molar-refractivity contribution in [3.63, 3.8) is 0 Å². The number of rotatable bonds is 5. The van der Waals surface area contributed by atoms with E-state index in [9.17, 15) is 9.59 Å². The summed E-state index contributed by atoms with van der Waals surface area (Å²) in [6.45, 7) is 7.14. The Balaban J connectivity index is 1.92. The number of carbonyl (C=O) groups excluding carboxylic acids is 2. The lowest BCUT2D eigenvalue weighted by atomic mass is 10.1. The van der Waals surface area contributed by atoms with Gasteiger partial charge in [0.2, 0.25) is 11.8 Å². The van der Waals surface area contributed by atoms with E-state index in [-0.39, 0.29) is 5.88 Å². The molecule has 1 atom stereocenters. The summed E-state index contributed by atoms with van der Waals surface area (Å²) >= 11 is 11.8. The van der Waals surface area contributed by atoms with Crippen molar-refractivity contribution in [2.45, 2.75) is 39.3 Å². The minimum absolute atomic E-state index is 0.240. The molecule has 0 spiro atoms. The number of pyridine rings is 1. The van der Waals surface area contributed by atoms with E-state index in [1.807, 2.05) is 20.8 Å². The smallest absolute Gasteiger partial charge is 0.321 e. The SMILES string of the molecule is CC(Nc1ccc(Oc2ncc(Cl)cc2Cl)cc1)C(=O)NC(=O)NC(C)(C)C. The molecule has 0 saturated carbocycles. The standard InChI is InChI=1S/C19H22Cl2N4O3/c1-11(16(26)24-18(27)25-19(2,3)4)23-13-5-7-14(8-6-13)28-17-15(21)9-12(20)10-22-17/h5-11,23H,1-4H3,(H2,24,25,26,27). The van der Waals surface area contributed by atoms with Crippen molar-refractivity contribution >= 4 is 40.8 Å². The van der Waals surface area contributed by atoms with Crippen LogP contribution in [0.3, 0.4) is 0 Å². The first-order valence-corrected chi connectivity index (χ1v) is 9.27. The Bertz CT molecular complexity index is 851. The zero-order chi connectivity index (χ0) is 20.9. The first-order chi connectivity index (χ1) is 13.0. The van der Waals surface area contributed by atoms with Crippen LogP contribution in [0.4, 0.5) is 10.5 Å². The van der Waals surface area contributed by atoms with Gasteiger partial charge in [-0.3, -0.25) is 10.1 Å². The Morgan fingerprint density at radius 3 is 2.36 bits per heavy atom. The Morgan fingerprint density at radius 2 is 1.79 bits per heavy atom. The molecule has 1 heterocycles. The van der Waals surface area contributed by atoms with Gasteiger partial charge in [-0.15, -0.1) is 0 Å². The van der Waals surface area contributed by atoms with Gasteiger partial charge in [0, 0.05) is 17.4 Å². The average molecular weight is 425 g/mol. The van der Waals surface area contributed by atoms with Gasteiger partial charge in [-0.1, -0.05) is 23.2 Å². The molecule has 1 unspecified atom stereocenters. The molecular formula is C19H22Cl2N4O3. The number of nitrogens with zero attached hydrogens (tertiary/aromatic N) is 1. The number of urea groups is 1. The summed E-state index contributed by atoms with van der Waals surface area (Å²) in [6, 6.07) is 7.25. The van der Waals surface area contributed by atoms with Crippen molar-refractivity contribution in [2.75, 3.05) is 5.32 Å². The lowest BCUT2D eigenvalue weighted by Crippen LogP contribution is -2.51. The average Bonchev–Trinajstić information content (AvgIpc) is 2.57. The van der Waals surface area contributed by atoms with Crippen LogP contribution >= 0.6 is 23.2 Å². The molecule has 7 nitrogen and oxygen atoms in total. The van der Waals surface area contributed by atoms with Gasteiger partial charge in [-0.2, -0.15) is 0 Å². The van der Waals surface area contributed by atoms with Crippen LogP contribution in [0.5, 0.6) is 11.6 Å². The van der Waals surface area contributed by atoms with Gasteiger partial charge in [-0.05, 0) is 58.0 Å². The van der Waals surface area contributed by atoms with E-state index in [1.54, 1.807) is 31.2 Å². The number of nitrogens with one attached hydrogen (secondary N) is 3. The molecule has 2 rings (SSSR count). The summed E-state index contributed by atoms with van der Waals surface area (Å²) < 4.78 is 5.61. The van der Waals surface area contributed by atoms with Crippen molar-refractivity contribution in [2.24, 2.45) is 0 Å². The zero-order valence-corrected chi connectivity index (χ0v) is 17.5. The molecule has 1 aromatic carbocycles. The number of hydrogen-bond donors (Lipinski definition) is 3. The van der Waals surface area contributed by atoms with Gasteiger partial charge in [0.25, 0.3) is 0 Å². The molecule has 0 bridgehead atoms. The molecule has 0 radical (unpaired) electrons. The maximum Gasteiger partial charge on any atom is 0.321 e. The highest BCUT2D eigenvalue weighted by atomic mass is 35.5. The maximum absolute atomic E-state index is 12.1. The Labute approximate surface area is 173 Å². The summed E-state index contributed by atoms with van der Waals surface area (Å²) in [5.41, 5.74) is 0.250. The molecule has 0 aliphatic carbocycles. The molecule has 2 aromatic rings. The third-order valence-corrected chi connectivity index (χ3v) is 3.82. The predicted octanol–water partition coefficient (Wildman–Crippen LogP) is 4.61. The van der Waals surface area contributed by atoms with E-state index in [4.69, 9.17) is 27.9 Å². The molecule has 0 aliphatic rings. The first-order valence-electron chi connectivity index (χ1n) is 8.52. The topological polar surface area (TPSA) is 92.3 Å². The number of carbonyl (C=O) groups is 2. The lowest BCUT2D eigenvalue weighted by Gasteiger charge is -2.21. The van der Waals surface area contributed by atoms with Crippen molar-refractivity contribution in [1.82, 2.24) is 15.6 Å². The van der Waals surface area contributed by atoms with Gasteiger partial charge in [0.05, 0.1) is 5.02 Å². The second kappa shape index (κ2) is 9.12. The van der Waals surface area contributed by atoms with Crippen LogP contribution in [-0.4, -0.2) is 28.5 Å². The van der Waals surface area contributed by atoms with Crippen molar-refractivity contribution in [1.29, 1.82) is 0 Å².